The first-order valence-corrected chi connectivity index (χ1v) is 8.26. The molecule has 2 unspecified atom stereocenters. The van der Waals surface area contributed by atoms with Crippen molar-refractivity contribution in [3.05, 3.63) is 0 Å². The summed E-state index contributed by atoms with van der Waals surface area (Å²) >= 11 is 2.02. The average Bonchev–Trinajstić information content (AvgIpc) is 2.86. The molecule has 0 spiro atoms. The maximum atomic E-state index is 12.0. The number of hydrogen-bond acceptors (Lipinski definition) is 4. The van der Waals surface area contributed by atoms with Gasteiger partial charge < -0.3 is 4.74 Å². The Balaban J connectivity index is 2.12. The van der Waals surface area contributed by atoms with E-state index in [4.69, 9.17) is 4.74 Å². The van der Waals surface area contributed by atoms with Gasteiger partial charge in [-0.05, 0) is 51.4 Å². The number of carbonyl (C=O) groups is 1. The van der Waals surface area contributed by atoms with E-state index in [9.17, 15) is 4.79 Å². The number of hydrogen-bond donors (Lipinski definition) is 0. The van der Waals surface area contributed by atoms with Crippen LogP contribution in [0.25, 0.3) is 0 Å². The van der Waals surface area contributed by atoms with Crippen molar-refractivity contribution in [2.75, 3.05) is 25.4 Å². The van der Waals surface area contributed by atoms with Gasteiger partial charge in [-0.3, -0.25) is 9.69 Å². The maximum absolute atomic E-state index is 12.0. The van der Waals surface area contributed by atoms with Gasteiger partial charge in [-0.2, -0.15) is 11.8 Å². The first kappa shape index (κ1) is 14.2. The molecule has 3 nitrogen and oxygen atoms in total. The minimum absolute atomic E-state index is 0.0150. The lowest BCUT2D eigenvalue weighted by molar-refractivity contribution is -0.146. The smallest absolute Gasteiger partial charge is 0.307 e. The highest BCUT2D eigenvalue weighted by molar-refractivity contribution is 8.00. The fourth-order valence-electron chi connectivity index (χ4n) is 3.38. The van der Waals surface area contributed by atoms with Crippen LogP contribution in [0.1, 0.15) is 46.0 Å². The molecule has 2 atom stereocenters. The van der Waals surface area contributed by atoms with Crippen LogP contribution in [0.5, 0.6) is 0 Å². The minimum atomic E-state index is -0.0150. The van der Waals surface area contributed by atoms with Gasteiger partial charge in [-0.25, -0.2) is 0 Å². The normalized spacial score (nSPS) is 33.6. The van der Waals surface area contributed by atoms with Gasteiger partial charge in [-0.15, -0.1) is 0 Å². The van der Waals surface area contributed by atoms with E-state index in [1.165, 1.54) is 25.0 Å². The predicted octanol–water partition coefficient (Wildman–Crippen LogP) is 2.69. The number of esters is 1. The Hall–Kier alpha value is -0.220. The molecule has 2 rings (SSSR count). The molecule has 2 aliphatic rings. The van der Waals surface area contributed by atoms with Gasteiger partial charge in [-0.1, -0.05) is 6.92 Å². The Bertz CT molecular complexity index is 292. The van der Waals surface area contributed by atoms with E-state index < -0.39 is 0 Å². The largest absolute Gasteiger partial charge is 0.466 e. The zero-order chi connectivity index (χ0) is 13.0. The van der Waals surface area contributed by atoms with Crippen molar-refractivity contribution in [2.45, 2.75) is 56.7 Å². The van der Waals surface area contributed by atoms with Crippen molar-refractivity contribution in [3.8, 4) is 0 Å². The zero-order valence-electron chi connectivity index (χ0n) is 11.6. The molecule has 2 heterocycles. The predicted molar refractivity (Wildman–Crippen MR) is 75.9 cm³/mol. The summed E-state index contributed by atoms with van der Waals surface area (Å²) in [6.07, 6.45) is 5.52. The standard InChI is InChI=1S/C14H25NO2S/c1-3-17-13(16)11-14(15-8-4-5-9-15)7-6-10-18-12(14)2/h12H,3-11H2,1-2H3. The van der Waals surface area contributed by atoms with Gasteiger partial charge in [0, 0.05) is 10.8 Å². The highest BCUT2D eigenvalue weighted by atomic mass is 32.2. The molecule has 4 heteroatoms. The number of rotatable bonds is 4. The first-order valence-electron chi connectivity index (χ1n) is 7.21. The fourth-order valence-corrected chi connectivity index (χ4v) is 4.71. The fraction of sp³-hybridized carbons (Fsp3) is 0.929. The average molecular weight is 271 g/mol. The molecule has 0 radical (unpaired) electrons. The molecule has 0 aromatic heterocycles. The number of carbonyl (C=O) groups excluding carboxylic acids is 1. The number of ether oxygens (including phenoxy) is 1. The van der Waals surface area contributed by atoms with E-state index in [1.807, 2.05) is 18.7 Å². The zero-order valence-corrected chi connectivity index (χ0v) is 12.4. The molecule has 2 aliphatic heterocycles. The summed E-state index contributed by atoms with van der Waals surface area (Å²) in [6, 6.07) is 0. The van der Waals surface area contributed by atoms with E-state index >= 15 is 0 Å². The summed E-state index contributed by atoms with van der Waals surface area (Å²) in [6.45, 7) is 6.99. The molecular formula is C14H25NO2S. The Morgan fingerprint density at radius 1 is 1.39 bits per heavy atom. The molecule has 0 aromatic carbocycles. The molecule has 0 amide bonds. The van der Waals surface area contributed by atoms with Crippen LogP contribution < -0.4 is 0 Å². The van der Waals surface area contributed by atoms with Crippen LogP contribution in [-0.2, 0) is 9.53 Å². The topological polar surface area (TPSA) is 29.5 Å². The van der Waals surface area contributed by atoms with Gasteiger partial charge in [0.1, 0.15) is 0 Å². The second-order valence-corrected chi connectivity index (χ2v) is 6.84. The van der Waals surface area contributed by atoms with Crippen molar-refractivity contribution in [3.63, 3.8) is 0 Å². The highest BCUT2D eigenvalue weighted by Crippen LogP contribution is 2.42. The van der Waals surface area contributed by atoms with Crippen LogP contribution in [0.3, 0.4) is 0 Å². The summed E-state index contributed by atoms with van der Waals surface area (Å²) in [7, 11) is 0. The Kier molecular flexibility index (Phi) is 4.96. The van der Waals surface area contributed by atoms with Crippen LogP contribution in [0.15, 0.2) is 0 Å². The quantitative estimate of drug-likeness (QED) is 0.735. The Morgan fingerprint density at radius 3 is 2.72 bits per heavy atom. The number of likely N-dealkylation sites (tertiary alicyclic amines) is 1. The van der Waals surface area contributed by atoms with Crippen LogP contribution in [0.4, 0.5) is 0 Å². The molecule has 2 saturated heterocycles. The van der Waals surface area contributed by atoms with Crippen molar-refractivity contribution in [2.24, 2.45) is 0 Å². The molecule has 0 N–H and O–H groups in total. The Morgan fingerprint density at radius 2 is 2.11 bits per heavy atom. The lowest BCUT2D eigenvalue weighted by atomic mass is 9.84. The third kappa shape index (κ3) is 2.85. The van der Waals surface area contributed by atoms with Crippen LogP contribution >= 0.6 is 11.8 Å². The second kappa shape index (κ2) is 6.29. The van der Waals surface area contributed by atoms with E-state index in [2.05, 4.69) is 11.8 Å². The lowest BCUT2D eigenvalue weighted by Gasteiger charge is -2.48. The van der Waals surface area contributed by atoms with Gasteiger partial charge in [0.2, 0.25) is 0 Å². The van der Waals surface area contributed by atoms with E-state index in [-0.39, 0.29) is 11.5 Å². The molecule has 0 bridgehead atoms. The molecule has 2 fully saturated rings. The van der Waals surface area contributed by atoms with E-state index in [0.29, 0.717) is 18.3 Å². The SMILES string of the molecule is CCOC(=O)CC1(N2CCCC2)CCCSC1C. The monoisotopic (exact) mass is 271 g/mol. The van der Waals surface area contributed by atoms with Crippen molar-refractivity contribution >= 4 is 17.7 Å². The van der Waals surface area contributed by atoms with Crippen molar-refractivity contribution in [1.82, 2.24) is 4.90 Å². The van der Waals surface area contributed by atoms with Crippen LogP contribution in [0.2, 0.25) is 0 Å². The molecule has 18 heavy (non-hydrogen) atoms. The van der Waals surface area contributed by atoms with Crippen molar-refractivity contribution in [1.29, 1.82) is 0 Å². The summed E-state index contributed by atoms with van der Waals surface area (Å²) in [5, 5.41) is 0.536. The van der Waals surface area contributed by atoms with E-state index in [1.54, 1.807) is 0 Å². The maximum Gasteiger partial charge on any atom is 0.307 e. The number of nitrogens with zero attached hydrogens (tertiary/aromatic N) is 1. The Labute approximate surface area is 115 Å². The van der Waals surface area contributed by atoms with E-state index in [0.717, 1.165) is 19.5 Å². The number of thioether (sulfide) groups is 1. The molecular weight excluding hydrogens is 246 g/mol. The summed E-state index contributed by atoms with van der Waals surface area (Å²) in [4.78, 5) is 14.5. The van der Waals surface area contributed by atoms with Gasteiger partial charge in [0.15, 0.2) is 0 Å². The minimum Gasteiger partial charge on any atom is -0.466 e. The molecule has 0 saturated carbocycles. The summed E-state index contributed by atoms with van der Waals surface area (Å²) in [5.74, 6) is 1.22. The van der Waals surface area contributed by atoms with Gasteiger partial charge in [0.25, 0.3) is 0 Å². The third-order valence-electron chi connectivity index (χ3n) is 4.37. The summed E-state index contributed by atoms with van der Waals surface area (Å²) < 4.78 is 5.20. The summed E-state index contributed by atoms with van der Waals surface area (Å²) in [5.41, 5.74) is 0.0612. The lowest BCUT2D eigenvalue weighted by Crippen LogP contribution is -2.56. The molecule has 0 aromatic rings. The van der Waals surface area contributed by atoms with Crippen LogP contribution in [-0.4, -0.2) is 47.1 Å². The first-order chi connectivity index (χ1) is 8.69. The van der Waals surface area contributed by atoms with Gasteiger partial charge in [0.05, 0.1) is 13.0 Å². The molecule has 0 aliphatic carbocycles. The second-order valence-electron chi connectivity index (χ2n) is 5.40. The highest BCUT2D eigenvalue weighted by Gasteiger charge is 2.46. The molecule has 104 valence electrons. The van der Waals surface area contributed by atoms with Crippen molar-refractivity contribution < 1.29 is 9.53 Å². The van der Waals surface area contributed by atoms with Crippen LogP contribution in [0, 0.1) is 0 Å². The van der Waals surface area contributed by atoms with Gasteiger partial charge >= 0.3 is 5.97 Å². The third-order valence-corrected chi connectivity index (χ3v) is 5.83.